The molecule has 0 radical (unpaired) electrons. The van der Waals surface area contributed by atoms with Crippen LogP contribution < -0.4 is 5.32 Å². The van der Waals surface area contributed by atoms with E-state index in [1.54, 1.807) is 0 Å². The highest BCUT2D eigenvalue weighted by molar-refractivity contribution is 8.00. The van der Waals surface area contributed by atoms with Crippen molar-refractivity contribution in [3.63, 3.8) is 0 Å². The maximum absolute atomic E-state index is 12.3. The van der Waals surface area contributed by atoms with E-state index >= 15 is 0 Å². The predicted octanol–water partition coefficient (Wildman–Crippen LogP) is 2.85. The molecule has 3 rings (SSSR count). The molecule has 1 aromatic heterocycles. The standard InChI is InChI=1S/C15H24N4OS/c1-10(14(20)16-12-6-4-3-5-7-12)21-15-18-17-11(2)19(15)13-8-9-13/h10,12-13H,3-9H2,1-2H3,(H,16,20)/t10-/m0/s1. The summed E-state index contributed by atoms with van der Waals surface area (Å²) in [5.41, 5.74) is 0. The molecule has 1 aromatic rings. The average molecular weight is 308 g/mol. The number of hydrogen-bond donors (Lipinski definition) is 1. The van der Waals surface area contributed by atoms with Crippen LogP contribution in [0.2, 0.25) is 0 Å². The fraction of sp³-hybridized carbons (Fsp3) is 0.800. The normalized spacial score (nSPS) is 21.2. The minimum absolute atomic E-state index is 0.118. The Morgan fingerprint density at radius 1 is 1.24 bits per heavy atom. The number of thioether (sulfide) groups is 1. The third kappa shape index (κ3) is 3.59. The van der Waals surface area contributed by atoms with E-state index < -0.39 is 0 Å². The zero-order valence-electron chi connectivity index (χ0n) is 12.8. The zero-order valence-corrected chi connectivity index (χ0v) is 13.7. The minimum Gasteiger partial charge on any atom is -0.352 e. The number of amides is 1. The predicted molar refractivity (Wildman–Crippen MR) is 83.4 cm³/mol. The van der Waals surface area contributed by atoms with Gasteiger partial charge in [-0.2, -0.15) is 0 Å². The highest BCUT2D eigenvalue weighted by Crippen LogP contribution is 2.39. The largest absolute Gasteiger partial charge is 0.352 e. The molecule has 1 N–H and O–H groups in total. The number of carbonyl (C=O) groups is 1. The van der Waals surface area contributed by atoms with Crippen molar-refractivity contribution in [2.24, 2.45) is 0 Å². The quantitative estimate of drug-likeness (QED) is 0.850. The van der Waals surface area contributed by atoms with Gasteiger partial charge in [0.2, 0.25) is 5.91 Å². The van der Waals surface area contributed by atoms with Gasteiger partial charge in [-0.3, -0.25) is 4.79 Å². The van der Waals surface area contributed by atoms with Crippen molar-refractivity contribution in [3.05, 3.63) is 5.82 Å². The van der Waals surface area contributed by atoms with Crippen molar-refractivity contribution in [2.75, 3.05) is 0 Å². The summed E-state index contributed by atoms with van der Waals surface area (Å²) >= 11 is 1.53. The Bertz CT molecular complexity index is 506. The lowest BCUT2D eigenvalue weighted by molar-refractivity contribution is -0.121. The first-order valence-corrected chi connectivity index (χ1v) is 8.91. The van der Waals surface area contributed by atoms with Gasteiger partial charge in [-0.25, -0.2) is 0 Å². The molecule has 2 saturated carbocycles. The second-order valence-electron chi connectivity index (χ2n) is 6.23. The van der Waals surface area contributed by atoms with Crippen LogP contribution in [0.4, 0.5) is 0 Å². The van der Waals surface area contributed by atoms with Crippen LogP contribution in [0.1, 0.15) is 63.7 Å². The molecule has 0 spiro atoms. The van der Waals surface area contributed by atoms with Gasteiger partial charge >= 0.3 is 0 Å². The van der Waals surface area contributed by atoms with Gasteiger partial charge in [-0.15, -0.1) is 10.2 Å². The Kier molecular flexibility index (Phi) is 4.52. The van der Waals surface area contributed by atoms with Crippen LogP contribution in [-0.2, 0) is 4.79 Å². The van der Waals surface area contributed by atoms with Gasteiger partial charge in [0.1, 0.15) is 5.82 Å². The van der Waals surface area contributed by atoms with Gasteiger partial charge < -0.3 is 9.88 Å². The van der Waals surface area contributed by atoms with Crippen LogP contribution in [-0.4, -0.2) is 32.0 Å². The molecule has 6 heteroatoms. The summed E-state index contributed by atoms with van der Waals surface area (Å²) in [5.74, 6) is 1.09. The van der Waals surface area contributed by atoms with Crippen LogP contribution in [0.5, 0.6) is 0 Å². The lowest BCUT2D eigenvalue weighted by Crippen LogP contribution is -2.40. The van der Waals surface area contributed by atoms with Gasteiger partial charge in [-0.1, -0.05) is 31.0 Å². The molecule has 21 heavy (non-hydrogen) atoms. The molecule has 0 unspecified atom stereocenters. The molecule has 0 aromatic carbocycles. The topological polar surface area (TPSA) is 59.8 Å². The highest BCUT2D eigenvalue weighted by atomic mass is 32.2. The molecule has 2 fully saturated rings. The molecular weight excluding hydrogens is 284 g/mol. The Morgan fingerprint density at radius 2 is 1.95 bits per heavy atom. The number of carbonyl (C=O) groups excluding carboxylic acids is 1. The van der Waals surface area contributed by atoms with Gasteiger partial charge in [0.05, 0.1) is 5.25 Å². The van der Waals surface area contributed by atoms with Crippen LogP contribution in [0.15, 0.2) is 5.16 Å². The van der Waals surface area contributed by atoms with Crippen molar-refractivity contribution in [3.8, 4) is 0 Å². The number of aryl methyl sites for hydroxylation is 1. The van der Waals surface area contributed by atoms with Gasteiger partial charge in [0, 0.05) is 12.1 Å². The summed E-state index contributed by atoms with van der Waals surface area (Å²) < 4.78 is 2.19. The zero-order chi connectivity index (χ0) is 14.8. The van der Waals surface area contributed by atoms with E-state index in [2.05, 4.69) is 20.1 Å². The first kappa shape index (κ1) is 14.9. The summed E-state index contributed by atoms with van der Waals surface area (Å²) in [6, 6.07) is 0.924. The monoisotopic (exact) mass is 308 g/mol. The second kappa shape index (κ2) is 6.38. The maximum atomic E-state index is 12.3. The van der Waals surface area contributed by atoms with Crippen LogP contribution >= 0.6 is 11.8 Å². The minimum atomic E-state index is -0.118. The Labute approximate surface area is 130 Å². The maximum Gasteiger partial charge on any atom is 0.233 e. The van der Waals surface area contributed by atoms with Crippen molar-refractivity contribution >= 4 is 17.7 Å². The van der Waals surface area contributed by atoms with Crippen molar-refractivity contribution < 1.29 is 4.79 Å². The SMILES string of the molecule is Cc1nnc(S[C@@H](C)C(=O)NC2CCCCC2)n1C1CC1. The number of hydrogen-bond acceptors (Lipinski definition) is 4. The molecule has 116 valence electrons. The van der Waals surface area contributed by atoms with E-state index in [1.165, 1.54) is 43.9 Å². The molecule has 0 aliphatic heterocycles. The first-order valence-electron chi connectivity index (χ1n) is 8.03. The van der Waals surface area contributed by atoms with Gasteiger partial charge in [0.15, 0.2) is 5.16 Å². The molecule has 1 amide bonds. The van der Waals surface area contributed by atoms with E-state index in [9.17, 15) is 4.79 Å². The molecule has 0 saturated heterocycles. The van der Waals surface area contributed by atoms with E-state index in [1.807, 2.05) is 13.8 Å². The Hall–Kier alpha value is -1.04. The molecule has 0 bridgehead atoms. The third-order valence-corrected chi connectivity index (χ3v) is 5.41. The number of nitrogens with zero attached hydrogens (tertiary/aromatic N) is 3. The van der Waals surface area contributed by atoms with Crippen LogP contribution in [0.3, 0.4) is 0 Å². The lowest BCUT2D eigenvalue weighted by atomic mass is 9.95. The third-order valence-electron chi connectivity index (χ3n) is 4.35. The molecule has 1 atom stereocenters. The number of aromatic nitrogens is 3. The second-order valence-corrected chi connectivity index (χ2v) is 7.54. The number of nitrogens with one attached hydrogen (secondary N) is 1. The fourth-order valence-corrected chi connectivity index (χ4v) is 3.93. The van der Waals surface area contributed by atoms with E-state index in [0.29, 0.717) is 12.1 Å². The molecule has 1 heterocycles. The summed E-state index contributed by atoms with van der Waals surface area (Å²) in [5, 5.41) is 12.4. The first-order chi connectivity index (χ1) is 10.1. The smallest absolute Gasteiger partial charge is 0.233 e. The summed E-state index contributed by atoms with van der Waals surface area (Å²) in [7, 11) is 0. The lowest BCUT2D eigenvalue weighted by Gasteiger charge is -2.24. The van der Waals surface area contributed by atoms with E-state index in [0.717, 1.165) is 23.8 Å². The van der Waals surface area contributed by atoms with Gasteiger partial charge in [-0.05, 0) is 39.5 Å². The van der Waals surface area contributed by atoms with Gasteiger partial charge in [0.25, 0.3) is 0 Å². The summed E-state index contributed by atoms with van der Waals surface area (Å²) in [6.07, 6.45) is 8.44. The highest BCUT2D eigenvalue weighted by Gasteiger charge is 2.30. The van der Waals surface area contributed by atoms with Crippen LogP contribution in [0.25, 0.3) is 0 Å². The molecular formula is C15H24N4OS. The summed E-state index contributed by atoms with van der Waals surface area (Å²) in [6.45, 7) is 3.95. The molecule has 2 aliphatic carbocycles. The molecule has 2 aliphatic rings. The summed E-state index contributed by atoms with van der Waals surface area (Å²) in [4.78, 5) is 12.3. The van der Waals surface area contributed by atoms with Crippen LogP contribution in [0, 0.1) is 6.92 Å². The van der Waals surface area contributed by atoms with E-state index in [-0.39, 0.29) is 11.2 Å². The van der Waals surface area contributed by atoms with Crippen molar-refractivity contribution in [2.45, 2.75) is 81.3 Å². The Balaban J connectivity index is 1.57. The average Bonchev–Trinajstić information content (AvgIpc) is 3.25. The van der Waals surface area contributed by atoms with Crippen molar-refractivity contribution in [1.82, 2.24) is 20.1 Å². The number of rotatable bonds is 5. The van der Waals surface area contributed by atoms with Crippen molar-refractivity contribution in [1.29, 1.82) is 0 Å². The van der Waals surface area contributed by atoms with E-state index in [4.69, 9.17) is 0 Å². The fourth-order valence-electron chi connectivity index (χ4n) is 2.96. The molecule has 5 nitrogen and oxygen atoms in total. The Morgan fingerprint density at radius 3 is 2.62 bits per heavy atom.